The van der Waals surface area contributed by atoms with Gasteiger partial charge in [0.15, 0.2) is 17.3 Å². The Morgan fingerprint density at radius 1 is 1.20 bits per heavy atom. The Labute approximate surface area is 85.4 Å². The number of rotatable bonds is 1. The first kappa shape index (κ1) is 8.16. The average molecular weight is 204 g/mol. The maximum absolute atomic E-state index is 5.40. The zero-order valence-electron chi connectivity index (χ0n) is 7.77. The van der Waals surface area contributed by atoms with E-state index in [1.54, 1.807) is 6.20 Å². The number of benzene rings is 1. The molecular weight excluding hydrogens is 196 g/mol. The van der Waals surface area contributed by atoms with Gasteiger partial charge in [-0.1, -0.05) is 0 Å². The maximum Gasteiger partial charge on any atom is 0.292 e. The van der Waals surface area contributed by atoms with Crippen molar-refractivity contribution >= 4 is 6.01 Å². The Bertz CT molecular complexity index is 507. The standard InChI is InChI=1S/C10H8N2O3/c11-10-12-4-9(15-10)6-1-2-7-8(3-6)14-5-13-7/h1-4H,5H2,(H2,11,12). The topological polar surface area (TPSA) is 70.5 Å². The highest BCUT2D eigenvalue weighted by Crippen LogP contribution is 2.36. The Morgan fingerprint density at radius 2 is 2.07 bits per heavy atom. The second-order valence-electron chi connectivity index (χ2n) is 3.13. The summed E-state index contributed by atoms with van der Waals surface area (Å²) in [5.41, 5.74) is 6.26. The first-order valence-corrected chi connectivity index (χ1v) is 4.44. The third kappa shape index (κ3) is 1.28. The Kier molecular flexibility index (Phi) is 1.58. The largest absolute Gasteiger partial charge is 0.454 e. The van der Waals surface area contributed by atoms with Crippen LogP contribution in [0.2, 0.25) is 0 Å². The van der Waals surface area contributed by atoms with Gasteiger partial charge in [0.05, 0.1) is 6.20 Å². The molecule has 2 heterocycles. The molecule has 15 heavy (non-hydrogen) atoms. The normalized spacial score (nSPS) is 13.1. The van der Waals surface area contributed by atoms with E-state index in [-0.39, 0.29) is 12.8 Å². The third-order valence-corrected chi connectivity index (χ3v) is 2.18. The van der Waals surface area contributed by atoms with Crippen molar-refractivity contribution in [1.29, 1.82) is 0 Å². The van der Waals surface area contributed by atoms with Crippen molar-refractivity contribution in [3.63, 3.8) is 0 Å². The van der Waals surface area contributed by atoms with Gasteiger partial charge in [0.2, 0.25) is 6.79 Å². The molecule has 0 radical (unpaired) electrons. The van der Waals surface area contributed by atoms with E-state index < -0.39 is 0 Å². The molecule has 5 heteroatoms. The number of fused-ring (bicyclic) bond motifs is 1. The van der Waals surface area contributed by atoms with Crippen molar-refractivity contribution in [2.45, 2.75) is 0 Å². The van der Waals surface area contributed by atoms with Crippen LogP contribution in [0, 0.1) is 0 Å². The van der Waals surface area contributed by atoms with Crippen LogP contribution in [0.3, 0.4) is 0 Å². The molecule has 1 aromatic carbocycles. The molecule has 1 aliphatic heterocycles. The Hall–Kier alpha value is -2.17. The summed E-state index contributed by atoms with van der Waals surface area (Å²) >= 11 is 0. The maximum atomic E-state index is 5.40. The number of nitrogens with zero attached hydrogens (tertiary/aromatic N) is 1. The molecule has 0 amide bonds. The minimum absolute atomic E-state index is 0.155. The van der Waals surface area contributed by atoms with E-state index in [1.165, 1.54) is 0 Å². The fourth-order valence-electron chi connectivity index (χ4n) is 1.47. The SMILES string of the molecule is Nc1ncc(-c2ccc3c(c2)OCO3)o1. The lowest BCUT2D eigenvalue weighted by molar-refractivity contribution is 0.174. The zero-order valence-corrected chi connectivity index (χ0v) is 7.77. The molecular formula is C10H8N2O3. The van der Waals surface area contributed by atoms with E-state index >= 15 is 0 Å². The van der Waals surface area contributed by atoms with Crippen molar-refractivity contribution in [2.75, 3.05) is 12.5 Å². The van der Waals surface area contributed by atoms with E-state index in [0.717, 1.165) is 11.3 Å². The van der Waals surface area contributed by atoms with E-state index in [0.29, 0.717) is 11.5 Å². The number of hydrogen-bond acceptors (Lipinski definition) is 5. The smallest absolute Gasteiger partial charge is 0.292 e. The van der Waals surface area contributed by atoms with Gasteiger partial charge in [0, 0.05) is 5.56 Å². The summed E-state index contributed by atoms with van der Waals surface area (Å²) in [4.78, 5) is 3.83. The van der Waals surface area contributed by atoms with Gasteiger partial charge in [-0.25, -0.2) is 4.98 Å². The molecule has 1 aromatic heterocycles. The quantitative estimate of drug-likeness (QED) is 0.764. The number of nitrogen functional groups attached to an aromatic ring is 1. The highest BCUT2D eigenvalue weighted by atomic mass is 16.7. The fraction of sp³-hybridized carbons (Fsp3) is 0.100. The predicted octanol–water partition coefficient (Wildman–Crippen LogP) is 1.65. The van der Waals surface area contributed by atoms with Crippen molar-refractivity contribution in [3.05, 3.63) is 24.4 Å². The first-order valence-electron chi connectivity index (χ1n) is 4.44. The lowest BCUT2D eigenvalue weighted by Gasteiger charge is -1.98. The van der Waals surface area contributed by atoms with E-state index in [4.69, 9.17) is 19.6 Å². The highest BCUT2D eigenvalue weighted by Gasteiger charge is 2.15. The molecule has 0 saturated carbocycles. The molecule has 0 spiro atoms. The van der Waals surface area contributed by atoms with Gasteiger partial charge in [0.1, 0.15) is 0 Å². The molecule has 1 aliphatic rings. The van der Waals surface area contributed by atoms with Crippen molar-refractivity contribution in [1.82, 2.24) is 4.98 Å². The minimum atomic E-state index is 0.155. The van der Waals surface area contributed by atoms with Crippen LogP contribution in [-0.4, -0.2) is 11.8 Å². The van der Waals surface area contributed by atoms with Gasteiger partial charge < -0.3 is 19.6 Å². The zero-order chi connectivity index (χ0) is 10.3. The average Bonchev–Trinajstić information content (AvgIpc) is 2.84. The van der Waals surface area contributed by atoms with Crippen molar-refractivity contribution < 1.29 is 13.9 Å². The number of aromatic nitrogens is 1. The molecule has 0 fully saturated rings. The van der Waals surface area contributed by atoms with Gasteiger partial charge in [-0.2, -0.15) is 0 Å². The van der Waals surface area contributed by atoms with Crippen LogP contribution in [0.4, 0.5) is 6.01 Å². The molecule has 0 bridgehead atoms. The molecule has 0 atom stereocenters. The molecule has 3 rings (SSSR count). The van der Waals surface area contributed by atoms with Crippen LogP contribution in [0.15, 0.2) is 28.8 Å². The minimum Gasteiger partial charge on any atom is -0.454 e. The highest BCUT2D eigenvalue weighted by molar-refractivity contribution is 5.63. The monoisotopic (exact) mass is 204 g/mol. The van der Waals surface area contributed by atoms with Crippen molar-refractivity contribution in [2.24, 2.45) is 0 Å². The van der Waals surface area contributed by atoms with Crippen LogP contribution in [0.25, 0.3) is 11.3 Å². The summed E-state index contributed by atoms with van der Waals surface area (Å²) < 4.78 is 15.7. The van der Waals surface area contributed by atoms with Crippen LogP contribution < -0.4 is 15.2 Å². The number of ether oxygens (including phenoxy) is 2. The van der Waals surface area contributed by atoms with E-state index in [1.807, 2.05) is 18.2 Å². The molecule has 0 aliphatic carbocycles. The van der Waals surface area contributed by atoms with Gasteiger partial charge in [-0.05, 0) is 18.2 Å². The summed E-state index contributed by atoms with van der Waals surface area (Å²) in [5.74, 6) is 2.07. The molecule has 0 unspecified atom stereocenters. The Balaban J connectivity index is 2.06. The van der Waals surface area contributed by atoms with E-state index in [2.05, 4.69) is 4.98 Å². The summed E-state index contributed by atoms with van der Waals surface area (Å²) in [7, 11) is 0. The summed E-state index contributed by atoms with van der Waals surface area (Å²) in [6.45, 7) is 0.261. The summed E-state index contributed by atoms with van der Waals surface area (Å²) in [5, 5.41) is 0. The molecule has 2 N–H and O–H groups in total. The van der Waals surface area contributed by atoms with Crippen LogP contribution >= 0.6 is 0 Å². The number of oxazole rings is 1. The summed E-state index contributed by atoms with van der Waals surface area (Å²) in [6.07, 6.45) is 1.58. The molecule has 0 saturated heterocycles. The lowest BCUT2D eigenvalue weighted by atomic mass is 10.1. The second-order valence-corrected chi connectivity index (χ2v) is 3.13. The first-order chi connectivity index (χ1) is 7.33. The van der Waals surface area contributed by atoms with Crippen LogP contribution in [0.5, 0.6) is 11.5 Å². The molecule has 2 aromatic rings. The van der Waals surface area contributed by atoms with Gasteiger partial charge >= 0.3 is 0 Å². The Morgan fingerprint density at radius 3 is 2.87 bits per heavy atom. The lowest BCUT2D eigenvalue weighted by Crippen LogP contribution is -1.92. The second kappa shape index (κ2) is 2.91. The predicted molar refractivity (Wildman–Crippen MR) is 52.5 cm³/mol. The van der Waals surface area contributed by atoms with Crippen molar-refractivity contribution in [3.8, 4) is 22.8 Å². The van der Waals surface area contributed by atoms with Gasteiger partial charge in [0.25, 0.3) is 6.01 Å². The van der Waals surface area contributed by atoms with Crippen LogP contribution in [0.1, 0.15) is 0 Å². The van der Waals surface area contributed by atoms with Gasteiger partial charge in [-0.15, -0.1) is 0 Å². The summed E-state index contributed by atoms with van der Waals surface area (Å²) in [6, 6.07) is 5.69. The van der Waals surface area contributed by atoms with Gasteiger partial charge in [-0.3, -0.25) is 0 Å². The third-order valence-electron chi connectivity index (χ3n) is 2.18. The fourth-order valence-corrected chi connectivity index (χ4v) is 1.47. The number of hydrogen-bond donors (Lipinski definition) is 1. The molecule has 5 nitrogen and oxygen atoms in total. The molecule has 76 valence electrons. The van der Waals surface area contributed by atoms with Crippen LogP contribution in [-0.2, 0) is 0 Å². The number of anilines is 1. The number of nitrogens with two attached hydrogens (primary N) is 1. The van der Waals surface area contributed by atoms with E-state index in [9.17, 15) is 0 Å².